The lowest BCUT2D eigenvalue weighted by Crippen LogP contribution is -2.55. The Morgan fingerprint density at radius 2 is 1.65 bits per heavy atom. The van der Waals surface area contributed by atoms with Gasteiger partial charge in [0.1, 0.15) is 5.56 Å². The molecule has 13 nitrogen and oxygen atoms in total. The molecule has 2 amide bonds. The monoisotopic (exact) mass is 726 g/mol. The number of hydrogen-bond acceptors (Lipinski definition) is 9. The number of nitrogens with one attached hydrogen (secondary N) is 2. The molecule has 2 aliphatic rings. The topological polar surface area (TPSA) is 162 Å². The lowest BCUT2D eigenvalue weighted by Gasteiger charge is -2.42. The Morgan fingerprint density at radius 1 is 1.00 bits per heavy atom. The Balaban J connectivity index is 1.27. The van der Waals surface area contributed by atoms with Crippen molar-refractivity contribution in [2.45, 2.75) is 18.9 Å². The van der Waals surface area contributed by atoms with Gasteiger partial charge in [0.25, 0.3) is 11.5 Å². The Hall–Kier alpha value is -4.50. The number of likely N-dealkylation sites (tertiary alicyclic amines) is 1. The molecule has 1 saturated heterocycles. The lowest BCUT2D eigenvalue weighted by molar-refractivity contribution is -0.129. The number of anilines is 1. The minimum absolute atomic E-state index is 0.0340. The number of carbonyl (C=O) groups is 2. The van der Waals surface area contributed by atoms with E-state index in [-0.39, 0.29) is 22.3 Å². The molecule has 1 aliphatic carbocycles. The lowest BCUT2D eigenvalue weighted by atomic mass is 9.94. The van der Waals surface area contributed by atoms with Crippen molar-refractivity contribution >= 4 is 50.7 Å². The van der Waals surface area contributed by atoms with Gasteiger partial charge in [-0.2, -0.15) is 0 Å². The van der Waals surface area contributed by atoms with Gasteiger partial charge in [0.05, 0.1) is 40.7 Å². The molecule has 2 aromatic carbocycles. The maximum Gasteiger partial charge on any atom is 0.330 e. The Morgan fingerprint density at radius 3 is 2.33 bits per heavy atom. The number of amides is 2. The second kappa shape index (κ2) is 13.1. The molecule has 4 aromatic rings. The van der Waals surface area contributed by atoms with Crippen LogP contribution >= 0.6 is 23.2 Å². The molecule has 2 N–H and O–H groups in total. The van der Waals surface area contributed by atoms with Crippen molar-refractivity contribution < 1.29 is 22.7 Å². The van der Waals surface area contributed by atoms with Crippen molar-refractivity contribution in [2.75, 3.05) is 31.8 Å². The van der Waals surface area contributed by atoms with Gasteiger partial charge in [-0.3, -0.25) is 28.6 Å². The van der Waals surface area contributed by atoms with E-state index in [1.165, 1.54) is 20.3 Å². The summed E-state index contributed by atoms with van der Waals surface area (Å²) >= 11 is 13.8. The summed E-state index contributed by atoms with van der Waals surface area (Å²) in [5.74, 6) is -1.21. The SMILES string of the molecule is COc1nc(-c2cccc(-c3cccc(NC(=O)c4cn(C)c(=O)n(C)c4=O)c3Cl)c2Cl)cc2c1C(N1CC(C(=O)NS(C)(=O)=O)C1)CC2. The highest BCUT2D eigenvalue weighted by Crippen LogP contribution is 2.46. The van der Waals surface area contributed by atoms with E-state index in [9.17, 15) is 27.6 Å². The van der Waals surface area contributed by atoms with Crippen molar-refractivity contribution in [1.82, 2.24) is 23.7 Å². The maximum absolute atomic E-state index is 13.1. The smallest absolute Gasteiger partial charge is 0.330 e. The van der Waals surface area contributed by atoms with Crippen molar-refractivity contribution in [3.8, 4) is 28.3 Å². The van der Waals surface area contributed by atoms with Gasteiger partial charge in [-0.25, -0.2) is 18.2 Å². The van der Waals surface area contributed by atoms with Gasteiger partial charge in [0.2, 0.25) is 21.8 Å². The predicted molar refractivity (Wildman–Crippen MR) is 186 cm³/mol. The van der Waals surface area contributed by atoms with Gasteiger partial charge in [-0.05, 0) is 30.5 Å². The van der Waals surface area contributed by atoms with Crippen LogP contribution < -0.4 is 26.0 Å². The zero-order chi connectivity index (χ0) is 35.4. The number of carbonyl (C=O) groups excluding carboxylic acids is 2. The van der Waals surface area contributed by atoms with Crippen LogP contribution in [0.1, 0.15) is 33.9 Å². The fraction of sp³-hybridized carbons (Fsp3) is 0.303. The molecule has 0 saturated carbocycles. The Bertz CT molecular complexity index is 2260. The van der Waals surface area contributed by atoms with E-state index in [4.69, 9.17) is 32.9 Å². The molecule has 0 spiro atoms. The third kappa shape index (κ3) is 6.48. The first-order chi connectivity index (χ1) is 23.2. The minimum atomic E-state index is -3.62. The standard InChI is InChI=1S/C33H32Cl2N6O7S/c1-39-16-22(32(44)40(2)33(39)45)30(43)36-23-10-6-8-20(28(23)35)19-7-5-9-21(27(19)34)24-13-17-11-12-25(26(17)31(37-24)48-3)41-14-18(15-41)29(42)38-49(4,46)47/h5-10,13,16,18,25H,11-12,14-15H2,1-4H3,(H,36,43)(H,38,42). The number of ether oxygens (including phenoxy) is 1. The fourth-order valence-electron chi connectivity index (χ4n) is 6.37. The third-order valence-electron chi connectivity index (χ3n) is 8.83. The second-order valence-corrected chi connectivity index (χ2v) is 14.6. The normalized spacial score (nSPS) is 16.2. The average molecular weight is 728 g/mol. The van der Waals surface area contributed by atoms with Gasteiger partial charge in [-0.15, -0.1) is 0 Å². The minimum Gasteiger partial charge on any atom is -0.481 e. The zero-order valence-electron chi connectivity index (χ0n) is 26.9. The maximum atomic E-state index is 13.1. The van der Waals surface area contributed by atoms with Crippen LogP contribution in [0.3, 0.4) is 0 Å². The van der Waals surface area contributed by atoms with Crippen LogP contribution in [0.4, 0.5) is 5.69 Å². The van der Waals surface area contributed by atoms with E-state index in [0.29, 0.717) is 46.4 Å². The molecule has 256 valence electrons. The number of halogens is 2. The first kappa shape index (κ1) is 34.4. The van der Waals surface area contributed by atoms with E-state index in [0.717, 1.165) is 39.4 Å². The number of aryl methyl sites for hydroxylation is 2. The summed E-state index contributed by atoms with van der Waals surface area (Å²) in [6.45, 7) is 0.846. The summed E-state index contributed by atoms with van der Waals surface area (Å²) < 4.78 is 32.8. The Kier molecular flexibility index (Phi) is 9.17. The molecule has 1 fully saturated rings. The van der Waals surface area contributed by atoms with Gasteiger partial charge in [0.15, 0.2) is 0 Å². The molecule has 3 heterocycles. The number of pyridine rings is 1. The molecule has 0 radical (unpaired) electrons. The largest absolute Gasteiger partial charge is 0.481 e. The van der Waals surface area contributed by atoms with E-state index in [2.05, 4.69) is 14.9 Å². The highest BCUT2D eigenvalue weighted by atomic mass is 35.5. The van der Waals surface area contributed by atoms with Gasteiger partial charge >= 0.3 is 5.69 Å². The van der Waals surface area contributed by atoms with Gasteiger partial charge < -0.3 is 14.6 Å². The first-order valence-electron chi connectivity index (χ1n) is 15.2. The van der Waals surface area contributed by atoms with Crippen molar-refractivity contribution in [1.29, 1.82) is 0 Å². The highest BCUT2D eigenvalue weighted by molar-refractivity contribution is 7.89. The quantitative estimate of drug-likeness (QED) is 0.277. The van der Waals surface area contributed by atoms with Crippen LogP contribution in [0, 0.1) is 5.92 Å². The van der Waals surface area contributed by atoms with E-state index < -0.39 is 39.0 Å². The zero-order valence-corrected chi connectivity index (χ0v) is 29.2. The number of methoxy groups -OCH3 is 1. The molecule has 1 atom stereocenters. The molecular formula is C33H32Cl2N6O7S. The number of nitrogens with zero attached hydrogens (tertiary/aromatic N) is 4. The van der Waals surface area contributed by atoms with Crippen LogP contribution in [0.25, 0.3) is 22.4 Å². The summed E-state index contributed by atoms with van der Waals surface area (Å²) in [7, 11) is 0.658. The Labute approximate surface area is 291 Å². The molecule has 1 unspecified atom stereocenters. The number of sulfonamides is 1. The first-order valence-corrected chi connectivity index (χ1v) is 17.8. The predicted octanol–water partition coefficient (Wildman–Crippen LogP) is 3.38. The van der Waals surface area contributed by atoms with Crippen molar-refractivity contribution in [3.63, 3.8) is 0 Å². The highest BCUT2D eigenvalue weighted by Gasteiger charge is 2.42. The molecule has 1 aliphatic heterocycles. The van der Waals surface area contributed by atoms with E-state index in [1.807, 2.05) is 18.2 Å². The third-order valence-corrected chi connectivity index (χ3v) is 10.2. The number of aromatic nitrogens is 3. The summed E-state index contributed by atoms with van der Waals surface area (Å²) in [4.78, 5) is 57.1. The number of fused-ring (bicyclic) bond motifs is 1. The molecule has 6 rings (SSSR count). The van der Waals surface area contributed by atoms with Crippen LogP contribution in [-0.2, 0) is 35.3 Å². The van der Waals surface area contributed by atoms with Crippen molar-refractivity contribution in [3.05, 3.63) is 96.2 Å². The van der Waals surface area contributed by atoms with Gasteiger partial charge in [0, 0.05) is 61.7 Å². The van der Waals surface area contributed by atoms with Crippen LogP contribution in [0.2, 0.25) is 10.0 Å². The summed E-state index contributed by atoms with van der Waals surface area (Å²) in [5, 5.41) is 3.24. The number of benzene rings is 2. The van der Waals surface area contributed by atoms with E-state index in [1.54, 1.807) is 31.4 Å². The summed E-state index contributed by atoms with van der Waals surface area (Å²) in [6, 6.07) is 12.4. The molecule has 0 bridgehead atoms. The average Bonchev–Trinajstić information content (AvgIpc) is 3.44. The second-order valence-electron chi connectivity index (χ2n) is 12.1. The van der Waals surface area contributed by atoms with Crippen LogP contribution in [0.15, 0.2) is 58.3 Å². The summed E-state index contributed by atoms with van der Waals surface area (Å²) in [5.41, 5.74) is 3.01. The number of hydrogen-bond donors (Lipinski definition) is 2. The van der Waals surface area contributed by atoms with Crippen LogP contribution in [0.5, 0.6) is 5.88 Å². The van der Waals surface area contributed by atoms with Gasteiger partial charge in [-0.1, -0.05) is 53.5 Å². The number of rotatable bonds is 8. The molecule has 49 heavy (non-hydrogen) atoms. The molecule has 16 heteroatoms. The molecule has 2 aromatic heterocycles. The van der Waals surface area contributed by atoms with E-state index >= 15 is 0 Å². The van der Waals surface area contributed by atoms with Crippen LogP contribution in [-0.4, -0.2) is 65.7 Å². The summed E-state index contributed by atoms with van der Waals surface area (Å²) in [6.07, 6.45) is 3.66. The van der Waals surface area contributed by atoms with Crippen molar-refractivity contribution in [2.24, 2.45) is 20.0 Å². The molecular weight excluding hydrogens is 695 g/mol. The fourth-order valence-corrected chi connectivity index (χ4v) is 7.50.